The summed E-state index contributed by atoms with van der Waals surface area (Å²) in [5.41, 5.74) is 2.39. The number of aromatic nitrogens is 2. The average molecular weight is 284 g/mol. The number of hydrogen-bond donors (Lipinski definition) is 0. The lowest BCUT2D eigenvalue weighted by Gasteiger charge is -2.16. The van der Waals surface area contributed by atoms with Crippen molar-refractivity contribution < 1.29 is 9.53 Å². The molecule has 0 unspecified atom stereocenters. The summed E-state index contributed by atoms with van der Waals surface area (Å²) in [5, 5.41) is 0. The van der Waals surface area contributed by atoms with Crippen molar-refractivity contribution in [3.8, 4) is 5.75 Å². The van der Waals surface area contributed by atoms with E-state index in [4.69, 9.17) is 4.74 Å². The number of ketones is 1. The fraction of sp³-hybridized carbons (Fsp3) is 0.412. The van der Waals surface area contributed by atoms with Crippen LogP contribution in [-0.4, -0.2) is 22.4 Å². The maximum atomic E-state index is 12.9. The third kappa shape index (κ3) is 2.46. The van der Waals surface area contributed by atoms with E-state index >= 15 is 0 Å². The molecule has 0 fully saturated rings. The van der Waals surface area contributed by atoms with Gasteiger partial charge in [-0.15, -0.1) is 0 Å². The molecule has 0 atom stereocenters. The van der Waals surface area contributed by atoms with Crippen LogP contribution >= 0.6 is 0 Å². The highest BCUT2D eigenvalue weighted by molar-refractivity contribution is 6.08. The fourth-order valence-electron chi connectivity index (χ4n) is 2.92. The van der Waals surface area contributed by atoms with E-state index in [0.29, 0.717) is 5.56 Å². The van der Waals surface area contributed by atoms with Crippen LogP contribution in [0.25, 0.3) is 0 Å². The van der Waals surface area contributed by atoms with Crippen LogP contribution in [0.5, 0.6) is 5.75 Å². The maximum Gasteiger partial charge on any atom is 0.211 e. The highest BCUT2D eigenvalue weighted by Crippen LogP contribution is 2.23. The number of nitrogens with zero attached hydrogens (tertiary/aromatic N) is 2. The molecule has 2 heterocycles. The van der Waals surface area contributed by atoms with Crippen LogP contribution in [0.3, 0.4) is 0 Å². The van der Waals surface area contributed by atoms with E-state index in [1.54, 1.807) is 7.11 Å². The van der Waals surface area contributed by atoms with E-state index in [2.05, 4.69) is 16.5 Å². The summed E-state index contributed by atoms with van der Waals surface area (Å²) in [7, 11) is 1.62. The van der Waals surface area contributed by atoms with Crippen LogP contribution in [0.2, 0.25) is 0 Å². The number of carbonyl (C=O) groups excluding carboxylic acids is 1. The predicted molar refractivity (Wildman–Crippen MR) is 81.0 cm³/mol. The first-order valence-corrected chi connectivity index (χ1v) is 7.51. The van der Waals surface area contributed by atoms with Crippen molar-refractivity contribution in [1.29, 1.82) is 0 Å². The third-order valence-corrected chi connectivity index (χ3v) is 4.05. The molecule has 21 heavy (non-hydrogen) atoms. The van der Waals surface area contributed by atoms with Crippen molar-refractivity contribution in [2.24, 2.45) is 0 Å². The van der Waals surface area contributed by atoms with Crippen LogP contribution in [-0.2, 0) is 19.4 Å². The zero-order valence-corrected chi connectivity index (χ0v) is 12.6. The Labute approximate surface area is 124 Å². The average Bonchev–Trinajstić information content (AvgIpc) is 2.92. The molecule has 0 saturated carbocycles. The topological polar surface area (TPSA) is 44.1 Å². The van der Waals surface area contributed by atoms with Crippen molar-refractivity contribution in [3.05, 3.63) is 47.0 Å². The van der Waals surface area contributed by atoms with Gasteiger partial charge >= 0.3 is 0 Å². The smallest absolute Gasteiger partial charge is 0.211 e. The minimum atomic E-state index is 0.0650. The molecule has 2 aromatic rings. The van der Waals surface area contributed by atoms with Crippen molar-refractivity contribution in [3.63, 3.8) is 0 Å². The Morgan fingerprint density at radius 2 is 2.05 bits per heavy atom. The normalized spacial score (nSPS) is 13.8. The van der Waals surface area contributed by atoms with E-state index in [1.165, 1.54) is 0 Å². The predicted octanol–water partition coefficient (Wildman–Crippen LogP) is 3.02. The van der Waals surface area contributed by atoms with E-state index in [0.717, 1.165) is 55.2 Å². The standard InChI is InChI=1S/C17H20N2O2/c1-3-14-16(19-11-5-4-6-15(19)18-14)17(20)12-7-9-13(21-2)10-8-12/h7-10H,3-6,11H2,1-2H3. The van der Waals surface area contributed by atoms with Gasteiger partial charge in [0.25, 0.3) is 0 Å². The molecule has 3 rings (SSSR count). The van der Waals surface area contributed by atoms with Crippen molar-refractivity contribution in [2.45, 2.75) is 39.2 Å². The quantitative estimate of drug-likeness (QED) is 0.811. The van der Waals surface area contributed by atoms with Gasteiger partial charge in [-0.05, 0) is 43.5 Å². The van der Waals surface area contributed by atoms with Gasteiger partial charge in [-0.3, -0.25) is 4.79 Å². The molecule has 0 amide bonds. The fourth-order valence-corrected chi connectivity index (χ4v) is 2.92. The lowest BCUT2D eigenvalue weighted by atomic mass is 10.0. The molecule has 0 N–H and O–H groups in total. The summed E-state index contributed by atoms with van der Waals surface area (Å²) < 4.78 is 7.27. The summed E-state index contributed by atoms with van der Waals surface area (Å²) in [6, 6.07) is 7.30. The van der Waals surface area contributed by atoms with E-state index in [1.807, 2.05) is 24.3 Å². The molecule has 0 saturated heterocycles. The summed E-state index contributed by atoms with van der Waals surface area (Å²) in [6.07, 6.45) is 4.05. The molecule has 0 spiro atoms. The van der Waals surface area contributed by atoms with E-state index < -0.39 is 0 Å². The Balaban J connectivity index is 2.02. The number of fused-ring (bicyclic) bond motifs is 1. The zero-order chi connectivity index (χ0) is 14.8. The number of methoxy groups -OCH3 is 1. The van der Waals surface area contributed by atoms with Gasteiger partial charge in [-0.2, -0.15) is 0 Å². The molecule has 1 aromatic carbocycles. The lowest BCUT2D eigenvalue weighted by Crippen LogP contribution is -2.17. The van der Waals surface area contributed by atoms with Crippen molar-refractivity contribution in [2.75, 3.05) is 7.11 Å². The number of carbonyl (C=O) groups is 1. The number of imidazole rings is 1. The Kier molecular flexibility index (Phi) is 3.78. The summed E-state index contributed by atoms with van der Waals surface area (Å²) in [4.78, 5) is 17.5. The Bertz CT molecular complexity index is 656. The van der Waals surface area contributed by atoms with Gasteiger partial charge in [-0.1, -0.05) is 6.92 Å². The second kappa shape index (κ2) is 5.72. The van der Waals surface area contributed by atoms with Crippen LogP contribution < -0.4 is 4.74 Å². The molecule has 1 aliphatic rings. The minimum Gasteiger partial charge on any atom is -0.497 e. The Hall–Kier alpha value is -2.10. The van der Waals surface area contributed by atoms with Crippen LogP contribution in [0.15, 0.2) is 24.3 Å². The van der Waals surface area contributed by atoms with Gasteiger partial charge in [0.05, 0.1) is 12.8 Å². The molecular weight excluding hydrogens is 264 g/mol. The first kappa shape index (κ1) is 13.9. The number of rotatable bonds is 4. The molecule has 0 aliphatic carbocycles. The highest BCUT2D eigenvalue weighted by Gasteiger charge is 2.24. The van der Waals surface area contributed by atoms with Crippen molar-refractivity contribution >= 4 is 5.78 Å². The van der Waals surface area contributed by atoms with Crippen LogP contribution in [0.4, 0.5) is 0 Å². The number of hydrogen-bond acceptors (Lipinski definition) is 3. The van der Waals surface area contributed by atoms with Crippen molar-refractivity contribution in [1.82, 2.24) is 9.55 Å². The van der Waals surface area contributed by atoms with Gasteiger partial charge in [0.2, 0.25) is 5.78 Å². The molecule has 0 radical (unpaired) electrons. The summed E-state index contributed by atoms with van der Waals surface area (Å²) in [6.45, 7) is 2.96. The summed E-state index contributed by atoms with van der Waals surface area (Å²) >= 11 is 0. The minimum absolute atomic E-state index is 0.0650. The van der Waals surface area contributed by atoms with Gasteiger partial charge < -0.3 is 9.30 Å². The first-order chi connectivity index (χ1) is 10.2. The zero-order valence-electron chi connectivity index (χ0n) is 12.6. The molecular formula is C17H20N2O2. The maximum absolute atomic E-state index is 12.9. The second-order valence-corrected chi connectivity index (χ2v) is 5.34. The van der Waals surface area contributed by atoms with Gasteiger partial charge in [-0.25, -0.2) is 4.98 Å². The lowest BCUT2D eigenvalue weighted by molar-refractivity contribution is 0.102. The SMILES string of the molecule is CCc1nc2n(c1C(=O)c1ccc(OC)cc1)CCCC2. The van der Waals surface area contributed by atoms with Crippen LogP contribution in [0, 0.1) is 0 Å². The van der Waals surface area contributed by atoms with E-state index in [-0.39, 0.29) is 5.78 Å². The van der Waals surface area contributed by atoms with Gasteiger partial charge in [0.1, 0.15) is 17.3 Å². The summed E-state index contributed by atoms with van der Waals surface area (Å²) in [5.74, 6) is 1.89. The Morgan fingerprint density at radius 1 is 1.29 bits per heavy atom. The monoisotopic (exact) mass is 284 g/mol. The molecule has 110 valence electrons. The second-order valence-electron chi connectivity index (χ2n) is 5.34. The molecule has 0 bridgehead atoms. The highest BCUT2D eigenvalue weighted by atomic mass is 16.5. The number of aryl methyl sites for hydroxylation is 2. The Morgan fingerprint density at radius 3 is 2.71 bits per heavy atom. The molecule has 1 aliphatic heterocycles. The number of ether oxygens (including phenoxy) is 1. The molecule has 4 heteroatoms. The molecule has 4 nitrogen and oxygen atoms in total. The van der Waals surface area contributed by atoms with Gasteiger partial charge in [0.15, 0.2) is 0 Å². The van der Waals surface area contributed by atoms with Crippen LogP contribution in [0.1, 0.15) is 47.3 Å². The largest absolute Gasteiger partial charge is 0.497 e. The van der Waals surface area contributed by atoms with Gasteiger partial charge in [0, 0.05) is 18.5 Å². The third-order valence-electron chi connectivity index (χ3n) is 4.05. The first-order valence-electron chi connectivity index (χ1n) is 7.51. The number of benzene rings is 1. The molecule has 1 aromatic heterocycles. The van der Waals surface area contributed by atoms with E-state index in [9.17, 15) is 4.79 Å².